The van der Waals surface area contributed by atoms with Crippen molar-refractivity contribution in [3.05, 3.63) is 60.0 Å². The Kier molecular flexibility index (Phi) is 6.71. The van der Waals surface area contributed by atoms with Crippen LogP contribution in [0.1, 0.15) is 4.88 Å². The molecule has 5 heterocycles. The molecule has 186 valence electrons. The summed E-state index contributed by atoms with van der Waals surface area (Å²) in [4.78, 5) is 28.7. The van der Waals surface area contributed by atoms with Gasteiger partial charge in [0.1, 0.15) is 0 Å². The smallest absolute Gasteiger partial charge is 0.225 e. The van der Waals surface area contributed by atoms with Gasteiger partial charge < -0.3 is 28.7 Å². The summed E-state index contributed by atoms with van der Waals surface area (Å²) in [6.45, 7) is 3.97. The van der Waals surface area contributed by atoms with Crippen LogP contribution >= 0.6 is 45.3 Å². The van der Waals surface area contributed by atoms with Gasteiger partial charge in [0, 0.05) is 29.3 Å². The maximum atomic E-state index is 5.72. The number of thiophene rings is 4. The quantitative estimate of drug-likeness (QED) is 0.147. The van der Waals surface area contributed by atoms with E-state index in [9.17, 15) is 0 Å². The van der Waals surface area contributed by atoms with E-state index in [4.69, 9.17) is 28.7 Å². The second-order valence-corrected chi connectivity index (χ2v) is 11.8. The van der Waals surface area contributed by atoms with Crippen LogP contribution in [0.3, 0.4) is 0 Å². The van der Waals surface area contributed by atoms with Crippen LogP contribution in [-0.4, -0.2) is 26.9 Å². The highest BCUT2D eigenvalue weighted by Gasteiger charge is 2.14. The lowest BCUT2D eigenvalue weighted by atomic mass is 10.3. The molecular weight excluding hydrogens is 545 g/mol. The van der Waals surface area contributed by atoms with E-state index in [0.29, 0.717) is 11.5 Å². The number of anilines is 2. The van der Waals surface area contributed by atoms with E-state index >= 15 is 0 Å². The third-order valence-electron chi connectivity index (χ3n) is 4.82. The van der Waals surface area contributed by atoms with E-state index in [0.717, 1.165) is 29.3 Å². The molecule has 37 heavy (non-hydrogen) atoms. The molecule has 10 N–H and O–H groups in total. The molecule has 10 nitrogen and oxygen atoms in total. The van der Waals surface area contributed by atoms with Crippen molar-refractivity contribution in [3.8, 4) is 40.0 Å². The predicted molar refractivity (Wildman–Crippen MR) is 158 cm³/mol. The van der Waals surface area contributed by atoms with Gasteiger partial charge in [-0.3, -0.25) is 0 Å². The Hall–Kier alpha value is -4.11. The first-order valence-corrected chi connectivity index (χ1v) is 13.8. The van der Waals surface area contributed by atoms with Gasteiger partial charge in [0.2, 0.25) is 17.9 Å². The van der Waals surface area contributed by atoms with Crippen LogP contribution in [0.4, 0.5) is 11.9 Å². The summed E-state index contributed by atoms with van der Waals surface area (Å²) < 4.78 is 0. The molecule has 0 bridgehead atoms. The predicted octanol–water partition coefficient (Wildman–Crippen LogP) is 4.51. The summed E-state index contributed by atoms with van der Waals surface area (Å²) in [5, 5.41) is 0. The van der Waals surface area contributed by atoms with E-state index in [1.165, 1.54) is 9.75 Å². The Labute approximate surface area is 227 Å². The average Bonchev–Trinajstić information content (AvgIpc) is 3.63. The largest absolute Gasteiger partial charge is 0.370 e. The number of rotatable bonds is 6. The summed E-state index contributed by atoms with van der Waals surface area (Å²) >= 11 is 6.61. The highest BCUT2D eigenvalue weighted by Crippen LogP contribution is 2.44. The van der Waals surface area contributed by atoms with Crippen molar-refractivity contribution in [1.29, 1.82) is 0 Å². The Morgan fingerprint density at radius 3 is 1.54 bits per heavy atom. The summed E-state index contributed by atoms with van der Waals surface area (Å²) in [7, 11) is 0. The topological polar surface area (TPSA) is 193 Å². The van der Waals surface area contributed by atoms with Crippen LogP contribution in [0.2, 0.25) is 0 Å². The van der Waals surface area contributed by atoms with Crippen LogP contribution in [0.15, 0.2) is 65.1 Å². The molecule has 0 fully saturated rings. The van der Waals surface area contributed by atoms with Gasteiger partial charge in [-0.15, -0.1) is 45.3 Å². The molecule has 0 saturated carbocycles. The zero-order chi connectivity index (χ0) is 26.1. The third kappa shape index (κ3) is 5.51. The monoisotopic (exact) mass is 564 g/mol. The van der Waals surface area contributed by atoms with Gasteiger partial charge in [0.25, 0.3) is 0 Å². The molecular formula is C23H20N10S4. The molecule has 0 aliphatic carbocycles. The van der Waals surface area contributed by atoms with Crippen LogP contribution in [0.25, 0.3) is 45.7 Å². The first-order valence-electron chi connectivity index (χ1n) is 10.6. The standard InChI is InChI=1S/C23H20N10S4/c1-10(29-21(26)32-20(24)25)11-2-3-12(34-11)13-4-5-14(35-13)15-6-7-16(36-15)17-8-9-18(37-17)19-30-22(27)33-23(28)31-19/h2-9H,1H2,(H6,24,25,26,29,32)(H4,27,28,30,31,33). The van der Waals surface area contributed by atoms with Gasteiger partial charge in [-0.25, -0.2) is 4.99 Å². The zero-order valence-electron chi connectivity index (χ0n) is 19.1. The number of guanidine groups is 2. The second kappa shape index (κ2) is 10.1. The van der Waals surface area contributed by atoms with Gasteiger partial charge in [0.15, 0.2) is 11.8 Å². The molecule has 0 radical (unpaired) electrons. The summed E-state index contributed by atoms with van der Waals surface area (Å²) in [5.41, 5.74) is 28.3. The maximum Gasteiger partial charge on any atom is 0.225 e. The Morgan fingerprint density at radius 1 is 0.595 bits per heavy atom. The summed E-state index contributed by atoms with van der Waals surface area (Å²) in [5.74, 6) is 0.500. The van der Waals surface area contributed by atoms with E-state index in [1.807, 2.05) is 24.3 Å². The van der Waals surface area contributed by atoms with Crippen molar-refractivity contribution in [2.75, 3.05) is 11.5 Å². The molecule has 0 aliphatic heterocycles. The lowest BCUT2D eigenvalue weighted by Crippen LogP contribution is -2.26. The van der Waals surface area contributed by atoms with Crippen molar-refractivity contribution in [2.24, 2.45) is 27.2 Å². The van der Waals surface area contributed by atoms with Crippen molar-refractivity contribution < 1.29 is 0 Å². The molecule has 5 rings (SSSR count). The molecule has 0 unspecified atom stereocenters. The average molecular weight is 565 g/mol. The number of aromatic nitrogens is 3. The van der Waals surface area contributed by atoms with Gasteiger partial charge in [-0.05, 0) is 48.5 Å². The SMILES string of the molecule is C=C(N=C(N)N=C(N)N)c1ccc(-c2ccc(-c3ccc(-c4ccc(-c5nc(N)nc(N)n5)s4)s3)s2)s1. The fraction of sp³-hybridized carbons (Fsp3) is 0. The number of nitrogens with zero attached hydrogens (tertiary/aromatic N) is 5. The first-order chi connectivity index (χ1) is 17.7. The fourth-order valence-electron chi connectivity index (χ4n) is 3.29. The maximum absolute atomic E-state index is 5.72. The van der Waals surface area contributed by atoms with Gasteiger partial charge >= 0.3 is 0 Å². The highest BCUT2D eigenvalue weighted by molar-refractivity contribution is 7.29. The van der Waals surface area contributed by atoms with E-state index < -0.39 is 0 Å². The van der Waals surface area contributed by atoms with E-state index in [1.54, 1.807) is 45.3 Å². The number of nitrogen functional groups attached to an aromatic ring is 2. The molecule has 0 spiro atoms. The summed E-state index contributed by atoms with van der Waals surface area (Å²) in [6, 6.07) is 16.5. The lowest BCUT2D eigenvalue weighted by molar-refractivity contribution is 1.09. The van der Waals surface area contributed by atoms with Crippen LogP contribution < -0.4 is 28.7 Å². The number of aliphatic imine (C=N–C) groups is 2. The van der Waals surface area contributed by atoms with Crippen LogP contribution in [-0.2, 0) is 0 Å². The number of nitrogens with two attached hydrogens (primary N) is 5. The normalized spacial score (nSPS) is 11.5. The van der Waals surface area contributed by atoms with Crippen molar-refractivity contribution in [1.82, 2.24) is 15.0 Å². The van der Waals surface area contributed by atoms with E-state index in [-0.39, 0.29) is 23.8 Å². The molecule has 5 aromatic rings. The Balaban J connectivity index is 1.33. The second-order valence-electron chi connectivity index (χ2n) is 7.48. The first kappa shape index (κ1) is 24.6. The van der Waals surface area contributed by atoms with Crippen molar-refractivity contribution in [2.45, 2.75) is 0 Å². The molecule has 5 aromatic heterocycles. The number of hydrogen-bond donors (Lipinski definition) is 5. The lowest BCUT2D eigenvalue weighted by Gasteiger charge is -1.98. The van der Waals surface area contributed by atoms with Crippen LogP contribution in [0.5, 0.6) is 0 Å². The van der Waals surface area contributed by atoms with E-state index in [2.05, 4.69) is 55.8 Å². The summed E-state index contributed by atoms with van der Waals surface area (Å²) in [6.07, 6.45) is 0. The molecule has 0 aliphatic rings. The Bertz CT molecular complexity index is 1650. The van der Waals surface area contributed by atoms with Gasteiger partial charge in [0.05, 0.1) is 15.5 Å². The van der Waals surface area contributed by atoms with Gasteiger partial charge in [-0.1, -0.05) is 6.58 Å². The zero-order valence-corrected chi connectivity index (χ0v) is 22.3. The molecule has 0 saturated heterocycles. The van der Waals surface area contributed by atoms with Crippen molar-refractivity contribution in [3.63, 3.8) is 0 Å². The van der Waals surface area contributed by atoms with Gasteiger partial charge in [-0.2, -0.15) is 19.9 Å². The third-order valence-corrected chi connectivity index (χ3v) is 9.79. The minimum absolute atomic E-state index is 0.0358. The molecule has 14 heteroatoms. The van der Waals surface area contributed by atoms with Crippen molar-refractivity contribution >= 4 is 74.9 Å². The van der Waals surface area contributed by atoms with Crippen LogP contribution in [0, 0.1) is 0 Å². The highest BCUT2D eigenvalue weighted by atomic mass is 32.1. The molecule has 0 atom stereocenters. The fourth-order valence-corrected chi connectivity index (χ4v) is 7.44. The minimum Gasteiger partial charge on any atom is -0.370 e. The molecule has 0 aromatic carbocycles. The number of hydrogen-bond acceptors (Lipinski definition) is 10. The molecule has 0 amide bonds. The minimum atomic E-state index is -0.151. The Morgan fingerprint density at radius 2 is 1.03 bits per heavy atom.